The van der Waals surface area contributed by atoms with Gasteiger partial charge in [-0.3, -0.25) is 9.69 Å². The Morgan fingerprint density at radius 1 is 1.20 bits per heavy atom. The van der Waals surface area contributed by atoms with E-state index in [4.69, 9.17) is 4.74 Å². The Labute approximate surface area is 178 Å². The van der Waals surface area contributed by atoms with Gasteiger partial charge in [0.1, 0.15) is 0 Å². The zero-order chi connectivity index (χ0) is 21.6. The minimum absolute atomic E-state index is 0.0569. The van der Waals surface area contributed by atoms with E-state index in [-0.39, 0.29) is 16.9 Å². The molecule has 3 rings (SSSR count). The highest BCUT2D eigenvalue weighted by Gasteiger charge is 2.22. The van der Waals surface area contributed by atoms with Gasteiger partial charge >= 0.3 is 0 Å². The molecule has 0 unspecified atom stereocenters. The minimum atomic E-state index is -3.60. The third-order valence-corrected chi connectivity index (χ3v) is 6.67. The molecule has 0 bridgehead atoms. The number of hydrogen-bond donors (Lipinski definition) is 2. The van der Waals surface area contributed by atoms with E-state index >= 15 is 0 Å². The Balaban J connectivity index is 1.49. The number of ether oxygens (including phenoxy) is 1. The SMILES string of the molecule is CC(=O)Nc1ccc(S(=O)(=O)NCCCN2CCO[C@H](c3ccccc3)C2)c(C)c1. The molecule has 1 heterocycles. The highest BCUT2D eigenvalue weighted by atomic mass is 32.2. The first-order valence-electron chi connectivity index (χ1n) is 10.1. The van der Waals surface area contributed by atoms with Crippen LogP contribution in [0.3, 0.4) is 0 Å². The van der Waals surface area contributed by atoms with Crippen molar-refractivity contribution in [3.05, 3.63) is 59.7 Å². The molecule has 30 heavy (non-hydrogen) atoms. The number of aryl methyl sites for hydroxylation is 1. The first-order valence-corrected chi connectivity index (χ1v) is 11.6. The number of carbonyl (C=O) groups excluding carboxylic acids is 1. The number of sulfonamides is 1. The summed E-state index contributed by atoms with van der Waals surface area (Å²) in [5.41, 5.74) is 2.34. The third kappa shape index (κ3) is 6.12. The van der Waals surface area contributed by atoms with Crippen LogP contribution in [-0.4, -0.2) is 52.0 Å². The summed E-state index contributed by atoms with van der Waals surface area (Å²) in [6.45, 7) is 6.62. The number of nitrogens with zero attached hydrogens (tertiary/aromatic N) is 1. The van der Waals surface area contributed by atoms with Crippen LogP contribution in [0.5, 0.6) is 0 Å². The van der Waals surface area contributed by atoms with Gasteiger partial charge in [-0.05, 0) is 49.2 Å². The molecule has 2 N–H and O–H groups in total. The lowest BCUT2D eigenvalue weighted by Crippen LogP contribution is -2.39. The first kappa shape index (κ1) is 22.4. The average Bonchev–Trinajstić information content (AvgIpc) is 2.71. The second-order valence-corrected chi connectivity index (χ2v) is 9.22. The van der Waals surface area contributed by atoms with E-state index in [9.17, 15) is 13.2 Å². The second kappa shape index (κ2) is 10.2. The second-order valence-electron chi connectivity index (χ2n) is 7.48. The Hall–Kier alpha value is -2.26. The Morgan fingerprint density at radius 3 is 2.67 bits per heavy atom. The van der Waals surface area contributed by atoms with E-state index in [1.807, 2.05) is 18.2 Å². The molecule has 0 aliphatic carbocycles. The zero-order valence-corrected chi connectivity index (χ0v) is 18.2. The monoisotopic (exact) mass is 431 g/mol. The van der Waals surface area contributed by atoms with Crippen LogP contribution >= 0.6 is 0 Å². The molecule has 1 amide bonds. The maximum absolute atomic E-state index is 12.6. The van der Waals surface area contributed by atoms with Crippen LogP contribution in [0.2, 0.25) is 0 Å². The van der Waals surface area contributed by atoms with Crippen molar-refractivity contribution in [2.75, 3.05) is 38.1 Å². The quantitative estimate of drug-likeness (QED) is 0.628. The smallest absolute Gasteiger partial charge is 0.240 e. The zero-order valence-electron chi connectivity index (χ0n) is 17.4. The molecule has 0 radical (unpaired) electrons. The molecule has 0 spiro atoms. The fourth-order valence-electron chi connectivity index (χ4n) is 3.59. The van der Waals surface area contributed by atoms with Crippen LogP contribution < -0.4 is 10.0 Å². The lowest BCUT2D eigenvalue weighted by atomic mass is 10.1. The molecule has 1 aliphatic heterocycles. The first-order chi connectivity index (χ1) is 14.3. The molecule has 1 fully saturated rings. The lowest BCUT2D eigenvalue weighted by molar-refractivity contribution is -0.114. The molecule has 0 saturated carbocycles. The number of amides is 1. The van der Waals surface area contributed by atoms with Crippen LogP contribution in [0.1, 0.15) is 30.6 Å². The summed E-state index contributed by atoms with van der Waals surface area (Å²) in [7, 11) is -3.60. The van der Waals surface area contributed by atoms with Crippen LogP contribution in [0.4, 0.5) is 5.69 Å². The Bertz CT molecular complexity index is 964. The van der Waals surface area contributed by atoms with E-state index in [0.717, 1.165) is 19.6 Å². The topological polar surface area (TPSA) is 87.7 Å². The minimum Gasteiger partial charge on any atom is -0.371 e. The fourth-order valence-corrected chi connectivity index (χ4v) is 4.89. The molecular weight excluding hydrogens is 402 g/mol. The largest absolute Gasteiger partial charge is 0.371 e. The van der Waals surface area contributed by atoms with Gasteiger partial charge in [0.15, 0.2) is 0 Å². The van der Waals surface area contributed by atoms with Crippen molar-refractivity contribution in [1.82, 2.24) is 9.62 Å². The maximum atomic E-state index is 12.6. The van der Waals surface area contributed by atoms with Crippen molar-refractivity contribution in [2.45, 2.75) is 31.3 Å². The summed E-state index contributed by atoms with van der Waals surface area (Å²) in [4.78, 5) is 13.7. The summed E-state index contributed by atoms with van der Waals surface area (Å²) < 4.78 is 33.9. The van der Waals surface area contributed by atoms with Crippen LogP contribution in [0.25, 0.3) is 0 Å². The maximum Gasteiger partial charge on any atom is 0.240 e. The van der Waals surface area contributed by atoms with Crippen molar-refractivity contribution in [3.63, 3.8) is 0 Å². The normalized spacial score (nSPS) is 17.6. The Morgan fingerprint density at radius 2 is 1.97 bits per heavy atom. The van der Waals surface area contributed by atoms with E-state index in [2.05, 4.69) is 27.1 Å². The number of rotatable bonds is 8. The summed E-state index contributed by atoms with van der Waals surface area (Å²) in [6.07, 6.45) is 0.769. The molecule has 1 saturated heterocycles. The van der Waals surface area contributed by atoms with Crippen molar-refractivity contribution >= 4 is 21.6 Å². The van der Waals surface area contributed by atoms with Crippen molar-refractivity contribution < 1.29 is 17.9 Å². The number of carbonyl (C=O) groups is 1. The lowest BCUT2D eigenvalue weighted by Gasteiger charge is -2.33. The van der Waals surface area contributed by atoms with Gasteiger partial charge in [0, 0.05) is 32.2 Å². The standard InChI is InChI=1S/C22H29N3O4S/c1-17-15-20(24-18(2)26)9-10-22(17)30(27,28)23-11-6-12-25-13-14-29-21(16-25)19-7-4-3-5-8-19/h3-5,7-10,15,21,23H,6,11-14,16H2,1-2H3,(H,24,26)/t21-/m0/s1. The predicted molar refractivity (Wildman–Crippen MR) is 117 cm³/mol. The highest BCUT2D eigenvalue weighted by Crippen LogP contribution is 2.22. The summed E-state index contributed by atoms with van der Waals surface area (Å²) >= 11 is 0. The van der Waals surface area contributed by atoms with E-state index in [1.165, 1.54) is 18.6 Å². The van der Waals surface area contributed by atoms with Gasteiger partial charge in [-0.25, -0.2) is 13.1 Å². The molecule has 8 heteroatoms. The molecule has 7 nitrogen and oxygen atoms in total. The van der Waals surface area contributed by atoms with E-state index in [0.29, 0.717) is 30.8 Å². The summed E-state index contributed by atoms with van der Waals surface area (Å²) in [5.74, 6) is -0.194. The highest BCUT2D eigenvalue weighted by molar-refractivity contribution is 7.89. The van der Waals surface area contributed by atoms with Gasteiger partial charge in [-0.15, -0.1) is 0 Å². The summed E-state index contributed by atoms with van der Waals surface area (Å²) in [6, 6.07) is 14.9. The molecular formula is C22H29N3O4S. The van der Waals surface area contributed by atoms with Gasteiger partial charge in [-0.1, -0.05) is 30.3 Å². The van der Waals surface area contributed by atoms with Crippen LogP contribution in [-0.2, 0) is 19.6 Å². The van der Waals surface area contributed by atoms with Crippen molar-refractivity contribution in [3.8, 4) is 0 Å². The number of morpholine rings is 1. The molecule has 0 aromatic heterocycles. The predicted octanol–water partition coefficient (Wildman–Crippen LogP) is 2.70. The van der Waals surface area contributed by atoms with Crippen LogP contribution in [0, 0.1) is 6.92 Å². The van der Waals surface area contributed by atoms with Gasteiger partial charge < -0.3 is 10.1 Å². The molecule has 2 aromatic carbocycles. The molecule has 1 aliphatic rings. The molecule has 2 aromatic rings. The van der Waals surface area contributed by atoms with E-state index < -0.39 is 10.0 Å². The molecule has 162 valence electrons. The van der Waals surface area contributed by atoms with E-state index in [1.54, 1.807) is 19.1 Å². The molecule has 1 atom stereocenters. The third-order valence-electron chi connectivity index (χ3n) is 5.05. The fraction of sp³-hybridized carbons (Fsp3) is 0.409. The Kier molecular flexibility index (Phi) is 7.60. The number of benzene rings is 2. The van der Waals surface area contributed by atoms with Gasteiger partial charge in [0.25, 0.3) is 0 Å². The van der Waals surface area contributed by atoms with Gasteiger partial charge in [0.05, 0.1) is 17.6 Å². The van der Waals surface area contributed by atoms with Gasteiger partial charge in [0.2, 0.25) is 15.9 Å². The van der Waals surface area contributed by atoms with Crippen molar-refractivity contribution in [2.24, 2.45) is 0 Å². The number of anilines is 1. The number of hydrogen-bond acceptors (Lipinski definition) is 5. The average molecular weight is 432 g/mol. The van der Waals surface area contributed by atoms with Crippen LogP contribution in [0.15, 0.2) is 53.4 Å². The number of nitrogens with one attached hydrogen (secondary N) is 2. The van der Waals surface area contributed by atoms with Crippen molar-refractivity contribution in [1.29, 1.82) is 0 Å². The van der Waals surface area contributed by atoms with Gasteiger partial charge in [-0.2, -0.15) is 0 Å². The summed E-state index contributed by atoms with van der Waals surface area (Å²) in [5, 5.41) is 2.66.